The number of pyridine rings is 1. The van der Waals surface area contributed by atoms with Gasteiger partial charge in [-0.05, 0) is 30.4 Å². The van der Waals surface area contributed by atoms with Gasteiger partial charge in [-0.2, -0.15) is 5.26 Å². The van der Waals surface area contributed by atoms with E-state index in [0.29, 0.717) is 11.4 Å². The quantitative estimate of drug-likeness (QED) is 0.787. The van der Waals surface area contributed by atoms with Crippen molar-refractivity contribution in [2.45, 2.75) is 13.3 Å². The third kappa shape index (κ3) is 1.85. The molecule has 1 aliphatic carbocycles. The minimum Gasteiger partial charge on any atom is -0.369 e. The van der Waals surface area contributed by atoms with Crippen LogP contribution in [0.5, 0.6) is 0 Å². The van der Waals surface area contributed by atoms with Gasteiger partial charge < -0.3 is 5.32 Å². The molecule has 0 saturated heterocycles. The van der Waals surface area contributed by atoms with Crippen molar-refractivity contribution < 1.29 is 0 Å². The Bertz CT molecular complexity index is 367. The molecule has 1 aliphatic rings. The van der Waals surface area contributed by atoms with E-state index in [0.717, 1.165) is 18.4 Å². The number of hydrogen-bond donors (Lipinski definition) is 1. The monoisotopic (exact) mass is 187 g/mol. The highest BCUT2D eigenvalue weighted by atomic mass is 15.0. The summed E-state index contributed by atoms with van der Waals surface area (Å²) in [5.41, 5.74) is 0.626. The van der Waals surface area contributed by atoms with Crippen LogP contribution in [-0.2, 0) is 0 Å². The van der Waals surface area contributed by atoms with E-state index < -0.39 is 0 Å². The highest BCUT2D eigenvalue weighted by molar-refractivity contribution is 5.51. The first kappa shape index (κ1) is 9.01. The normalized spacial score (nSPS) is 24.0. The second kappa shape index (κ2) is 3.67. The Hall–Kier alpha value is -1.56. The maximum absolute atomic E-state index is 8.82. The standard InChI is InChI=1S/C11H13N3/c1-8-5-10(8)7-14-11-9(6-12)3-2-4-13-11/h2-4,8,10H,5,7H2,1H3,(H,13,14). The molecule has 3 heteroatoms. The van der Waals surface area contributed by atoms with Gasteiger partial charge in [0.2, 0.25) is 0 Å². The van der Waals surface area contributed by atoms with Gasteiger partial charge in [-0.25, -0.2) is 4.98 Å². The van der Waals surface area contributed by atoms with E-state index in [2.05, 4.69) is 23.3 Å². The van der Waals surface area contributed by atoms with Crippen LogP contribution in [-0.4, -0.2) is 11.5 Å². The molecular weight excluding hydrogens is 174 g/mol. The molecule has 0 aliphatic heterocycles. The van der Waals surface area contributed by atoms with Crippen LogP contribution in [0.15, 0.2) is 18.3 Å². The van der Waals surface area contributed by atoms with Gasteiger partial charge in [-0.15, -0.1) is 0 Å². The number of nitrogens with zero attached hydrogens (tertiary/aromatic N) is 2. The zero-order valence-electron chi connectivity index (χ0n) is 8.20. The zero-order valence-corrected chi connectivity index (χ0v) is 8.20. The summed E-state index contributed by atoms with van der Waals surface area (Å²) in [7, 11) is 0. The molecular formula is C11H13N3. The molecule has 3 nitrogen and oxygen atoms in total. The number of hydrogen-bond acceptors (Lipinski definition) is 3. The lowest BCUT2D eigenvalue weighted by Gasteiger charge is -2.05. The molecule has 2 rings (SSSR count). The van der Waals surface area contributed by atoms with Crippen molar-refractivity contribution in [2.75, 3.05) is 11.9 Å². The third-order valence-corrected chi connectivity index (χ3v) is 2.74. The summed E-state index contributed by atoms with van der Waals surface area (Å²) in [4.78, 5) is 4.14. The average molecular weight is 187 g/mol. The summed E-state index contributed by atoms with van der Waals surface area (Å²) >= 11 is 0. The van der Waals surface area contributed by atoms with Crippen LogP contribution >= 0.6 is 0 Å². The van der Waals surface area contributed by atoms with E-state index in [-0.39, 0.29) is 0 Å². The third-order valence-electron chi connectivity index (χ3n) is 2.74. The first-order valence-electron chi connectivity index (χ1n) is 4.90. The number of aromatic nitrogens is 1. The largest absolute Gasteiger partial charge is 0.369 e. The summed E-state index contributed by atoms with van der Waals surface area (Å²) in [6.45, 7) is 3.18. The molecule has 0 aromatic carbocycles. The number of anilines is 1. The van der Waals surface area contributed by atoms with E-state index in [1.165, 1.54) is 6.42 Å². The molecule has 1 aromatic rings. The van der Waals surface area contributed by atoms with Crippen molar-refractivity contribution in [1.82, 2.24) is 4.98 Å². The molecule has 1 aromatic heterocycles. The van der Waals surface area contributed by atoms with Crippen LogP contribution in [0.25, 0.3) is 0 Å². The van der Waals surface area contributed by atoms with Crippen molar-refractivity contribution in [3.63, 3.8) is 0 Å². The second-order valence-corrected chi connectivity index (χ2v) is 3.87. The molecule has 2 unspecified atom stereocenters. The van der Waals surface area contributed by atoms with Gasteiger partial charge >= 0.3 is 0 Å². The lowest BCUT2D eigenvalue weighted by Crippen LogP contribution is -2.07. The van der Waals surface area contributed by atoms with E-state index in [9.17, 15) is 0 Å². The Morgan fingerprint density at radius 3 is 3.14 bits per heavy atom. The van der Waals surface area contributed by atoms with Crippen LogP contribution in [0.1, 0.15) is 18.9 Å². The average Bonchev–Trinajstić information content (AvgIpc) is 2.92. The highest BCUT2D eigenvalue weighted by Crippen LogP contribution is 2.37. The van der Waals surface area contributed by atoms with Crippen LogP contribution in [0.4, 0.5) is 5.82 Å². The smallest absolute Gasteiger partial charge is 0.143 e. The summed E-state index contributed by atoms with van der Waals surface area (Å²) in [5.74, 6) is 2.31. The minimum atomic E-state index is 0.626. The van der Waals surface area contributed by atoms with Crippen LogP contribution < -0.4 is 5.32 Å². The van der Waals surface area contributed by atoms with Crippen molar-refractivity contribution >= 4 is 5.82 Å². The van der Waals surface area contributed by atoms with Gasteiger partial charge in [0.15, 0.2) is 0 Å². The van der Waals surface area contributed by atoms with Crippen molar-refractivity contribution in [3.05, 3.63) is 23.9 Å². The molecule has 0 spiro atoms. The van der Waals surface area contributed by atoms with Crippen molar-refractivity contribution in [1.29, 1.82) is 5.26 Å². The van der Waals surface area contributed by atoms with Crippen LogP contribution in [0.2, 0.25) is 0 Å². The summed E-state index contributed by atoms with van der Waals surface area (Å²) in [6, 6.07) is 5.69. The van der Waals surface area contributed by atoms with Crippen molar-refractivity contribution in [2.24, 2.45) is 11.8 Å². The molecule has 0 amide bonds. The minimum absolute atomic E-state index is 0.626. The van der Waals surface area contributed by atoms with E-state index in [4.69, 9.17) is 5.26 Å². The Morgan fingerprint density at radius 1 is 1.71 bits per heavy atom. The van der Waals surface area contributed by atoms with Gasteiger partial charge in [0.1, 0.15) is 11.9 Å². The zero-order chi connectivity index (χ0) is 9.97. The fourth-order valence-electron chi connectivity index (χ4n) is 1.55. The predicted molar refractivity (Wildman–Crippen MR) is 54.7 cm³/mol. The topological polar surface area (TPSA) is 48.7 Å². The van der Waals surface area contributed by atoms with Gasteiger partial charge in [0, 0.05) is 12.7 Å². The van der Waals surface area contributed by atoms with Gasteiger partial charge in [-0.1, -0.05) is 6.92 Å². The first-order chi connectivity index (χ1) is 6.81. The number of nitriles is 1. The molecule has 1 saturated carbocycles. The molecule has 14 heavy (non-hydrogen) atoms. The number of nitrogens with one attached hydrogen (secondary N) is 1. The molecule has 72 valence electrons. The molecule has 1 heterocycles. The Kier molecular flexibility index (Phi) is 2.36. The predicted octanol–water partition coefficient (Wildman–Crippen LogP) is 2.02. The lowest BCUT2D eigenvalue weighted by atomic mass is 10.2. The molecule has 1 fully saturated rings. The molecule has 0 radical (unpaired) electrons. The fourth-order valence-corrected chi connectivity index (χ4v) is 1.55. The summed E-state index contributed by atoms with van der Waals surface area (Å²) < 4.78 is 0. The molecule has 0 bridgehead atoms. The summed E-state index contributed by atoms with van der Waals surface area (Å²) in [6.07, 6.45) is 3.00. The van der Waals surface area contributed by atoms with Gasteiger partial charge in [0.25, 0.3) is 0 Å². The molecule has 2 atom stereocenters. The maximum atomic E-state index is 8.82. The van der Waals surface area contributed by atoms with E-state index in [1.807, 2.05) is 0 Å². The van der Waals surface area contributed by atoms with Crippen molar-refractivity contribution in [3.8, 4) is 6.07 Å². The van der Waals surface area contributed by atoms with E-state index >= 15 is 0 Å². The van der Waals surface area contributed by atoms with Gasteiger partial charge in [0.05, 0.1) is 5.56 Å². The van der Waals surface area contributed by atoms with Gasteiger partial charge in [-0.3, -0.25) is 0 Å². The highest BCUT2D eigenvalue weighted by Gasteiger charge is 2.32. The lowest BCUT2D eigenvalue weighted by molar-refractivity contribution is 0.784. The fraction of sp³-hybridized carbons (Fsp3) is 0.455. The van der Waals surface area contributed by atoms with E-state index in [1.54, 1.807) is 18.3 Å². The first-order valence-corrected chi connectivity index (χ1v) is 4.90. The Labute approximate surface area is 83.8 Å². The molecule has 1 N–H and O–H groups in total. The Morgan fingerprint density at radius 2 is 2.50 bits per heavy atom. The second-order valence-electron chi connectivity index (χ2n) is 3.87. The summed E-state index contributed by atoms with van der Waals surface area (Å²) in [5, 5.41) is 12.0. The maximum Gasteiger partial charge on any atom is 0.143 e. The number of rotatable bonds is 3. The van der Waals surface area contributed by atoms with Crippen LogP contribution in [0, 0.1) is 23.2 Å². The Balaban J connectivity index is 1.98. The van der Waals surface area contributed by atoms with Crippen LogP contribution in [0.3, 0.4) is 0 Å². The SMILES string of the molecule is CC1CC1CNc1ncccc1C#N.